The van der Waals surface area contributed by atoms with Crippen LogP contribution in [0.4, 0.5) is 0 Å². The van der Waals surface area contributed by atoms with E-state index in [1.807, 2.05) is 0 Å². The summed E-state index contributed by atoms with van der Waals surface area (Å²) in [6.45, 7) is 7.11. The minimum Gasteiger partial charge on any atom is -0.311 e. The zero-order valence-electron chi connectivity index (χ0n) is 8.89. The van der Waals surface area contributed by atoms with Crippen LogP contribution in [0.3, 0.4) is 0 Å². The molecule has 0 aromatic rings. The number of likely N-dealkylation sites (N-methyl/N-ethyl adjacent to an activating group) is 1. The van der Waals surface area contributed by atoms with Crippen molar-refractivity contribution in [1.29, 1.82) is 0 Å². The molecule has 1 fully saturated rings. The molecule has 0 aromatic heterocycles. The monoisotopic (exact) mass is 181 g/mol. The highest BCUT2D eigenvalue weighted by molar-refractivity contribution is 4.87. The zero-order valence-corrected chi connectivity index (χ0v) is 8.89. The fraction of sp³-hybridized carbons (Fsp3) is 0.833. The van der Waals surface area contributed by atoms with Crippen LogP contribution in [0.1, 0.15) is 45.4 Å². The van der Waals surface area contributed by atoms with E-state index >= 15 is 0 Å². The van der Waals surface area contributed by atoms with Crippen molar-refractivity contribution in [3.63, 3.8) is 0 Å². The third-order valence-corrected chi connectivity index (χ3v) is 3.06. The van der Waals surface area contributed by atoms with Gasteiger partial charge in [0.05, 0.1) is 0 Å². The van der Waals surface area contributed by atoms with Gasteiger partial charge in [0.25, 0.3) is 0 Å². The summed E-state index contributed by atoms with van der Waals surface area (Å²) in [6, 6.07) is 0.549. The summed E-state index contributed by atoms with van der Waals surface area (Å²) in [5.41, 5.74) is 0. The molecule has 0 amide bonds. The topological polar surface area (TPSA) is 12.0 Å². The Morgan fingerprint density at radius 2 is 2.08 bits per heavy atom. The Morgan fingerprint density at radius 3 is 2.62 bits per heavy atom. The molecule has 1 nitrogen and oxygen atoms in total. The molecule has 0 radical (unpaired) electrons. The highest BCUT2D eigenvalue weighted by Crippen LogP contribution is 2.27. The van der Waals surface area contributed by atoms with Crippen LogP contribution in [0.2, 0.25) is 0 Å². The molecule has 0 saturated heterocycles. The minimum atomic E-state index is 0.549. The molecule has 0 aliphatic heterocycles. The third kappa shape index (κ3) is 3.95. The van der Waals surface area contributed by atoms with Crippen LogP contribution in [0.15, 0.2) is 12.7 Å². The molecule has 0 aromatic carbocycles. The number of hydrogen-bond acceptors (Lipinski definition) is 1. The first-order chi connectivity index (χ1) is 6.36. The Hall–Kier alpha value is -0.300. The van der Waals surface area contributed by atoms with Crippen molar-refractivity contribution in [3.05, 3.63) is 12.7 Å². The molecule has 0 heterocycles. The van der Waals surface area contributed by atoms with Gasteiger partial charge >= 0.3 is 0 Å². The van der Waals surface area contributed by atoms with E-state index in [2.05, 4.69) is 24.9 Å². The van der Waals surface area contributed by atoms with Gasteiger partial charge in [0, 0.05) is 6.04 Å². The molecular weight excluding hydrogens is 158 g/mol. The maximum absolute atomic E-state index is 3.88. The lowest BCUT2D eigenvalue weighted by molar-refractivity contribution is 0.317. The highest BCUT2D eigenvalue weighted by Gasteiger charge is 2.16. The van der Waals surface area contributed by atoms with E-state index in [0.717, 1.165) is 12.5 Å². The van der Waals surface area contributed by atoms with Gasteiger partial charge < -0.3 is 5.32 Å². The van der Waals surface area contributed by atoms with Crippen LogP contribution in [-0.2, 0) is 0 Å². The van der Waals surface area contributed by atoms with Gasteiger partial charge in [-0.15, -0.1) is 6.58 Å². The van der Waals surface area contributed by atoms with Gasteiger partial charge in [-0.05, 0) is 18.9 Å². The predicted molar refractivity (Wildman–Crippen MR) is 58.9 cm³/mol. The molecule has 1 rings (SSSR count). The van der Waals surface area contributed by atoms with E-state index in [0.29, 0.717) is 6.04 Å². The van der Waals surface area contributed by atoms with Crippen molar-refractivity contribution in [1.82, 2.24) is 5.32 Å². The van der Waals surface area contributed by atoms with Gasteiger partial charge in [-0.3, -0.25) is 0 Å². The second-order valence-electron chi connectivity index (χ2n) is 4.14. The lowest BCUT2D eigenvalue weighted by atomic mass is 9.85. The Kier molecular flexibility index (Phi) is 5.14. The van der Waals surface area contributed by atoms with Gasteiger partial charge in [-0.2, -0.15) is 0 Å². The van der Waals surface area contributed by atoms with Crippen LogP contribution < -0.4 is 5.32 Å². The summed E-state index contributed by atoms with van der Waals surface area (Å²) < 4.78 is 0. The van der Waals surface area contributed by atoms with Crippen LogP contribution in [0, 0.1) is 5.92 Å². The molecule has 1 aliphatic carbocycles. The number of nitrogens with one attached hydrogen (secondary N) is 1. The molecule has 1 atom stereocenters. The van der Waals surface area contributed by atoms with Crippen molar-refractivity contribution in [2.24, 2.45) is 5.92 Å². The standard InChI is InChI=1S/C12H23N/c1-3-12(13-4-2)10-11-8-6-5-7-9-11/h3,11-13H,1,4-10H2,2H3. The van der Waals surface area contributed by atoms with Crippen molar-refractivity contribution in [2.75, 3.05) is 6.54 Å². The summed E-state index contributed by atoms with van der Waals surface area (Å²) in [4.78, 5) is 0. The highest BCUT2D eigenvalue weighted by atomic mass is 14.9. The van der Waals surface area contributed by atoms with E-state index in [1.54, 1.807) is 0 Å². The normalized spacial score (nSPS) is 21.3. The fourth-order valence-electron chi connectivity index (χ4n) is 2.31. The average molecular weight is 181 g/mol. The van der Waals surface area contributed by atoms with E-state index in [4.69, 9.17) is 0 Å². The third-order valence-electron chi connectivity index (χ3n) is 3.06. The van der Waals surface area contributed by atoms with Crippen LogP contribution in [0.5, 0.6) is 0 Å². The van der Waals surface area contributed by atoms with E-state index < -0.39 is 0 Å². The summed E-state index contributed by atoms with van der Waals surface area (Å²) >= 11 is 0. The van der Waals surface area contributed by atoms with Gasteiger partial charge in [0.1, 0.15) is 0 Å². The first-order valence-electron chi connectivity index (χ1n) is 5.72. The second kappa shape index (κ2) is 6.20. The molecule has 1 heteroatoms. The predicted octanol–water partition coefficient (Wildman–Crippen LogP) is 3.12. The minimum absolute atomic E-state index is 0.549. The summed E-state index contributed by atoms with van der Waals surface area (Å²) in [7, 11) is 0. The van der Waals surface area contributed by atoms with Crippen LogP contribution >= 0.6 is 0 Å². The molecule has 1 aliphatic rings. The lowest BCUT2D eigenvalue weighted by Crippen LogP contribution is -2.29. The van der Waals surface area contributed by atoms with Gasteiger partial charge in [0.15, 0.2) is 0 Å². The smallest absolute Gasteiger partial charge is 0.0249 e. The Bertz CT molecular complexity index is 136. The van der Waals surface area contributed by atoms with Crippen LogP contribution in [0.25, 0.3) is 0 Å². The molecular formula is C12H23N. The van der Waals surface area contributed by atoms with Crippen molar-refractivity contribution >= 4 is 0 Å². The molecule has 1 unspecified atom stereocenters. The van der Waals surface area contributed by atoms with Crippen molar-refractivity contribution in [2.45, 2.75) is 51.5 Å². The van der Waals surface area contributed by atoms with Crippen molar-refractivity contribution in [3.8, 4) is 0 Å². The lowest BCUT2D eigenvalue weighted by Gasteiger charge is -2.25. The molecule has 1 N–H and O–H groups in total. The average Bonchev–Trinajstić information content (AvgIpc) is 2.19. The Labute approximate surface area is 82.6 Å². The molecule has 76 valence electrons. The van der Waals surface area contributed by atoms with E-state index in [9.17, 15) is 0 Å². The number of rotatable bonds is 5. The molecule has 13 heavy (non-hydrogen) atoms. The summed E-state index contributed by atoms with van der Waals surface area (Å²) in [5.74, 6) is 0.954. The maximum atomic E-state index is 3.88. The quantitative estimate of drug-likeness (QED) is 0.643. The first kappa shape index (κ1) is 10.8. The Morgan fingerprint density at radius 1 is 1.38 bits per heavy atom. The molecule has 0 bridgehead atoms. The second-order valence-corrected chi connectivity index (χ2v) is 4.14. The Balaban J connectivity index is 2.22. The van der Waals surface area contributed by atoms with Gasteiger partial charge in [-0.1, -0.05) is 45.1 Å². The van der Waals surface area contributed by atoms with Crippen molar-refractivity contribution < 1.29 is 0 Å². The zero-order chi connectivity index (χ0) is 9.52. The summed E-state index contributed by atoms with van der Waals surface area (Å²) in [6.07, 6.45) is 10.6. The van der Waals surface area contributed by atoms with E-state index in [-0.39, 0.29) is 0 Å². The SMILES string of the molecule is C=CC(CC1CCCCC1)NCC. The first-order valence-corrected chi connectivity index (χ1v) is 5.72. The maximum Gasteiger partial charge on any atom is 0.0249 e. The van der Waals surface area contributed by atoms with Crippen LogP contribution in [-0.4, -0.2) is 12.6 Å². The van der Waals surface area contributed by atoms with Gasteiger partial charge in [-0.25, -0.2) is 0 Å². The largest absolute Gasteiger partial charge is 0.311 e. The summed E-state index contributed by atoms with van der Waals surface area (Å²) in [5, 5.41) is 3.46. The van der Waals surface area contributed by atoms with Gasteiger partial charge in [0.2, 0.25) is 0 Å². The number of hydrogen-bond donors (Lipinski definition) is 1. The molecule has 1 saturated carbocycles. The fourth-order valence-corrected chi connectivity index (χ4v) is 2.31. The van der Waals surface area contributed by atoms with E-state index in [1.165, 1.54) is 38.5 Å². The molecule has 0 spiro atoms.